The van der Waals surface area contributed by atoms with Crippen LogP contribution in [0.2, 0.25) is 0 Å². The zero-order valence-corrected chi connectivity index (χ0v) is 8.38. The third-order valence-electron chi connectivity index (χ3n) is 2.45. The van der Waals surface area contributed by atoms with E-state index in [2.05, 4.69) is 22.4 Å². The van der Waals surface area contributed by atoms with Gasteiger partial charge in [0.05, 0.1) is 6.54 Å². The number of amidine groups is 1. The summed E-state index contributed by atoms with van der Waals surface area (Å²) in [6.07, 6.45) is 0.890. The molecule has 0 saturated heterocycles. The Kier molecular flexibility index (Phi) is 2.39. The van der Waals surface area contributed by atoms with E-state index in [0.717, 1.165) is 36.6 Å². The van der Waals surface area contributed by atoms with E-state index in [1.165, 1.54) is 5.56 Å². The Hall–Kier alpha value is -1.51. The third kappa shape index (κ3) is 1.87. The van der Waals surface area contributed by atoms with E-state index < -0.39 is 0 Å². The first-order valence-electron chi connectivity index (χ1n) is 4.88. The van der Waals surface area contributed by atoms with Crippen LogP contribution in [0.15, 0.2) is 23.2 Å². The summed E-state index contributed by atoms with van der Waals surface area (Å²) in [6.45, 7) is 3.91. The minimum atomic E-state index is 0.857. The van der Waals surface area contributed by atoms with E-state index in [9.17, 15) is 0 Å². The lowest BCUT2D eigenvalue weighted by molar-refractivity contribution is 0.953. The first kappa shape index (κ1) is 9.06. The minimum Gasteiger partial charge on any atom is -0.399 e. The standard InChI is InChI=1S/C11H15N3/c1-8-6-9(2-3-10(8)12)7-11-13-4-5-14-11/h2-3,6H,4-5,7,12H2,1H3,(H,13,14). The van der Waals surface area contributed by atoms with Crippen molar-refractivity contribution in [1.29, 1.82) is 0 Å². The molecule has 0 bridgehead atoms. The Morgan fingerprint density at radius 3 is 3.00 bits per heavy atom. The van der Waals surface area contributed by atoms with Gasteiger partial charge >= 0.3 is 0 Å². The first-order valence-corrected chi connectivity index (χ1v) is 4.88. The van der Waals surface area contributed by atoms with Gasteiger partial charge in [0.1, 0.15) is 5.84 Å². The average molecular weight is 189 g/mol. The van der Waals surface area contributed by atoms with Crippen molar-refractivity contribution in [3.63, 3.8) is 0 Å². The van der Waals surface area contributed by atoms with Crippen molar-refractivity contribution in [2.75, 3.05) is 18.8 Å². The molecule has 0 aromatic heterocycles. The summed E-state index contributed by atoms with van der Waals surface area (Å²) in [5, 5.41) is 3.26. The molecule has 74 valence electrons. The predicted octanol–water partition coefficient (Wildman–Crippen LogP) is 1.12. The van der Waals surface area contributed by atoms with Gasteiger partial charge in [-0.1, -0.05) is 12.1 Å². The van der Waals surface area contributed by atoms with Crippen LogP contribution in [0.5, 0.6) is 0 Å². The molecule has 0 saturated carbocycles. The number of rotatable bonds is 2. The largest absolute Gasteiger partial charge is 0.399 e. The molecule has 3 nitrogen and oxygen atoms in total. The van der Waals surface area contributed by atoms with Crippen LogP contribution in [-0.2, 0) is 6.42 Å². The van der Waals surface area contributed by atoms with E-state index in [1.807, 2.05) is 13.0 Å². The van der Waals surface area contributed by atoms with Crippen molar-refractivity contribution in [3.8, 4) is 0 Å². The summed E-state index contributed by atoms with van der Waals surface area (Å²) >= 11 is 0. The third-order valence-corrected chi connectivity index (χ3v) is 2.45. The Morgan fingerprint density at radius 2 is 2.36 bits per heavy atom. The fraction of sp³-hybridized carbons (Fsp3) is 0.364. The zero-order chi connectivity index (χ0) is 9.97. The SMILES string of the molecule is Cc1cc(CC2=NCCN2)ccc1N. The maximum atomic E-state index is 5.75. The highest BCUT2D eigenvalue weighted by atomic mass is 15.1. The predicted molar refractivity (Wildman–Crippen MR) is 59.6 cm³/mol. The van der Waals surface area contributed by atoms with Crippen molar-refractivity contribution >= 4 is 11.5 Å². The molecule has 0 radical (unpaired) electrons. The fourth-order valence-electron chi connectivity index (χ4n) is 1.61. The van der Waals surface area contributed by atoms with Crippen LogP contribution in [0.4, 0.5) is 5.69 Å². The molecule has 0 fully saturated rings. The molecule has 3 N–H and O–H groups in total. The van der Waals surface area contributed by atoms with E-state index in [-0.39, 0.29) is 0 Å². The topological polar surface area (TPSA) is 50.4 Å². The van der Waals surface area contributed by atoms with Crippen LogP contribution in [0.25, 0.3) is 0 Å². The van der Waals surface area contributed by atoms with Crippen LogP contribution in [-0.4, -0.2) is 18.9 Å². The van der Waals surface area contributed by atoms with Crippen molar-refractivity contribution in [1.82, 2.24) is 5.32 Å². The maximum absolute atomic E-state index is 5.75. The lowest BCUT2D eigenvalue weighted by Crippen LogP contribution is -2.20. The molecular weight excluding hydrogens is 174 g/mol. The van der Waals surface area contributed by atoms with Crippen molar-refractivity contribution in [2.45, 2.75) is 13.3 Å². The number of benzene rings is 1. The molecule has 1 aliphatic rings. The smallest absolute Gasteiger partial charge is 0.101 e. The van der Waals surface area contributed by atoms with Gasteiger partial charge in [0.25, 0.3) is 0 Å². The molecule has 3 heteroatoms. The second-order valence-electron chi connectivity index (χ2n) is 3.62. The monoisotopic (exact) mass is 189 g/mol. The van der Waals surface area contributed by atoms with Gasteiger partial charge in [-0.25, -0.2) is 0 Å². The van der Waals surface area contributed by atoms with Gasteiger partial charge in [-0.15, -0.1) is 0 Å². The van der Waals surface area contributed by atoms with Crippen molar-refractivity contribution in [2.24, 2.45) is 4.99 Å². The number of anilines is 1. The van der Waals surface area contributed by atoms with Gasteiger partial charge < -0.3 is 11.1 Å². The number of hydrogen-bond acceptors (Lipinski definition) is 3. The molecule has 2 rings (SSSR count). The molecule has 14 heavy (non-hydrogen) atoms. The number of nitrogen functional groups attached to an aromatic ring is 1. The second kappa shape index (κ2) is 3.70. The maximum Gasteiger partial charge on any atom is 0.101 e. The molecule has 1 aliphatic heterocycles. The number of aliphatic imine (C=N–C) groups is 1. The zero-order valence-electron chi connectivity index (χ0n) is 8.38. The number of nitrogens with two attached hydrogens (primary N) is 1. The van der Waals surface area contributed by atoms with Gasteiger partial charge in [-0.05, 0) is 24.1 Å². The number of hydrogen-bond donors (Lipinski definition) is 2. The first-order chi connectivity index (χ1) is 6.75. The summed E-state index contributed by atoms with van der Waals surface area (Å²) in [5.41, 5.74) is 9.02. The Morgan fingerprint density at radius 1 is 1.50 bits per heavy atom. The van der Waals surface area contributed by atoms with Crippen molar-refractivity contribution in [3.05, 3.63) is 29.3 Å². The Labute approximate surface area is 84.0 Å². The van der Waals surface area contributed by atoms with Crippen molar-refractivity contribution < 1.29 is 0 Å². The van der Waals surface area contributed by atoms with Gasteiger partial charge in [-0.2, -0.15) is 0 Å². The second-order valence-corrected chi connectivity index (χ2v) is 3.62. The van der Waals surface area contributed by atoms with Gasteiger partial charge in [0.2, 0.25) is 0 Å². The minimum absolute atomic E-state index is 0.857. The highest BCUT2D eigenvalue weighted by molar-refractivity contribution is 5.85. The van der Waals surface area contributed by atoms with E-state index in [1.54, 1.807) is 0 Å². The molecule has 1 heterocycles. The average Bonchev–Trinajstić information content (AvgIpc) is 2.64. The highest BCUT2D eigenvalue weighted by Gasteiger charge is 2.06. The number of aryl methyl sites for hydroxylation is 1. The van der Waals surface area contributed by atoms with Crippen LogP contribution >= 0.6 is 0 Å². The molecular formula is C11H15N3. The van der Waals surface area contributed by atoms with Gasteiger partial charge in [-0.3, -0.25) is 4.99 Å². The molecule has 0 unspecified atom stereocenters. The molecule has 1 aromatic carbocycles. The molecule has 0 amide bonds. The normalized spacial score (nSPS) is 15.1. The molecule has 0 spiro atoms. The summed E-state index contributed by atoms with van der Waals surface area (Å²) < 4.78 is 0. The van der Waals surface area contributed by atoms with Crippen LogP contribution in [0, 0.1) is 6.92 Å². The van der Waals surface area contributed by atoms with E-state index in [4.69, 9.17) is 5.73 Å². The number of nitrogens with one attached hydrogen (secondary N) is 1. The Bertz CT molecular complexity index is 369. The summed E-state index contributed by atoms with van der Waals surface area (Å²) in [4.78, 5) is 4.36. The lowest BCUT2D eigenvalue weighted by Gasteiger charge is -2.05. The molecule has 0 atom stereocenters. The Balaban J connectivity index is 2.13. The van der Waals surface area contributed by atoms with Gasteiger partial charge in [0.15, 0.2) is 0 Å². The summed E-state index contributed by atoms with van der Waals surface area (Å²) in [6, 6.07) is 6.14. The lowest BCUT2D eigenvalue weighted by atomic mass is 10.1. The summed E-state index contributed by atoms with van der Waals surface area (Å²) in [7, 11) is 0. The van der Waals surface area contributed by atoms with Crippen LogP contribution in [0.3, 0.4) is 0 Å². The van der Waals surface area contributed by atoms with E-state index in [0.29, 0.717) is 0 Å². The molecule has 1 aromatic rings. The number of nitrogens with zero attached hydrogens (tertiary/aromatic N) is 1. The van der Waals surface area contributed by atoms with Crippen LogP contribution in [0.1, 0.15) is 11.1 Å². The quantitative estimate of drug-likeness (QED) is 0.685. The fourth-order valence-corrected chi connectivity index (χ4v) is 1.61. The summed E-state index contributed by atoms with van der Waals surface area (Å²) in [5.74, 6) is 1.09. The highest BCUT2D eigenvalue weighted by Crippen LogP contribution is 2.13. The van der Waals surface area contributed by atoms with Gasteiger partial charge in [0, 0.05) is 18.7 Å². The van der Waals surface area contributed by atoms with Crippen LogP contribution < -0.4 is 11.1 Å². The van der Waals surface area contributed by atoms with E-state index >= 15 is 0 Å². The molecule has 0 aliphatic carbocycles.